The van der Waals surface area contributed by atoms with Gasteiger partial charge in [-0.2, -0.15) is 0 Å². The van der Waals surface area contributed by atoms with E-state index in [1.165, 1.54) is 25.7 Å². The maximum Gasteiger partial charge on any atom is 0.315 e. The van der Waals surface area contributed by atoms with Crippen molar-refractivity contribution in [3.05, 3.63) is 24.2 Å². The molecule has 0 unspecified atom stereocenters. The van der Waals surface area contributed by atoms with Crippen molar-refractivity contribution in [1.29, 1.82) is 0 Å². The Hall–Kier alpha value is -1.53. The van der Waals surface area contributed by atoms with Crippen molar-refractivity contribution in [2.75, 3.05) is 19.8 Å². The summed E-state index contributed by atoms with van der Waals surface area (Å²) in [5.41, 5.74) is 0.213. The van der Waals surface area contributed by atoms with Crippen molar-refractivity contribution >= 4 is 6.03 Å². The fraction of sp³-hybridized carbons (Fsp3) is 0.737. The van der Waals surface area contributed by atoms with Gasteiger partial charge < -0.3 is 24.5 Å². The molecule has 1 aromatic heterocycles. The van der Waals surface area contributed by atoms with E-state index in [0.29, 0.717) is 31.8 Å². The lowest BCUT2D eigenvalue weighted by Crippen LogP contribution is -2.69. The maximum absolute atomic E-state index is 12.3. The van der Waals surface area contributed by atoms with Gasteiger partial charge in [-0.1, -0.05) is 12.8 Å². The van der Waals surface area contributed by atoms with Crippen molar-refractivity contribution in [2.24, 2.45) is 11.3 Å². The van der Waals surface area contributed by atoms with Crippen LogP contribution in [-0.2, 0) is 16.1 Å². The van der Waals surface area contributed by atoms with Crippen molar-refractivity contribution in [3.8, 4) is 0 Å². The zero-order valence-electron chi connectivity index (χ0n) is 14.7. The van der Waals surface area contributed by atoms with Crippen molar-refractivity contribution in [1.82, 2.24) is 10.6 Å². The number of hydrogen-bond acceptors (Lipinski definition) is 4. The summed E-state index contributed by atoms with van der Waals surface area (Å²) in [7, 11) is 0. The first-order chi connectivity index (χ1) is 12.3. The molecule has 3 atom stereocenters. The van der Waals surface area contributed by atoms with E-state index in [1.54, 1.807) is 6.26 Å². The fourth-order valence-electron chi connectivity index (χ4n) is 5.04. The van der Waals surface area contributed by atoms with E-state index in [9.17, 15) is 4.79 Å². The third-order valence-corrected chi connectivity index (χ3v) is 6.15. The van der Waals surface area contributed by atoms with Crippen LogP contribution in [0.4, 0.5) is 4.79 Å². The van der Waals surface area contributed by atoms with Gasteiger partial charge in [0.25, 0.3) is 0 Å². The van der Waals surface area contributed by atoms with Gasteiger partial charge in [0, 0.05) is 37.1 Å². The van der Waals surface area contributed by atoms with Gasteiger partial charge in [0.05, 0.1) is 12.4 Å². The van der Waals surface area contributed by atoms with Gasteiger partial charge in [0.1, 0.15) is 12.4 Å². The second kappa shape index (κ2) is 7.38. The number of ether oxygens (including phenoxy) is 2. The van der Waals surface area contributed by atoms with E-state index in [-0.39, 0.29) is 17.5 Å². The molecule has 3 aliphatic rings. The molecule has 2 aliphatic carbocycles. The lowest BCUT2D eigenvalue weighted by atomic mass is 9.54. The monoisotopic (exact) mass is 348 g/mol. The number of furan rings is 1. The third kappa shape index (κ3) is 3.29. The second-order valence-electron chi connectivity index (χ2n) is 7.55. The number of hydrogen-bond donors (Lipinski definition) is 2. The average molecular weight is 348 g/mol. The van der Waals surface area contributed by atoms with Gasteiger partial charge in [-0.05, 0) is 37.8 Å². The highest BCUT2D eigenvalue weighted by molar-refractivity contribution is 5.74. The van der Waals surface area contributed by atoms with E-state index in [0.717, 1.165) is 25.2 Å². The van der Waals surface area contributed by atoms with Gasteiger partial charge >= 0.3 is 6.03 Å². The van der Waals surface area contributed by atoms with E-state index in [4.69, 9.17) is 13.9 Å². The molecule has 2 N–H and O–H groups in total. The molecule has 3 fully saturated rings. The highest BCUT2D eigenvalue weighted by Gasteiger charge is 2.65. The van der Waals surface area contributed by atoms with Crippen molar-refractivity contribution < 1.29 is 18.7 Å². The largest absolute Gasteiger partial charge is 0.467 e. The number of rotatable bonds is 7. The van der Waals surface area contributed by atoms with E-state index < -0.39 is 0 Å². The van der Waals surface area contributed by atoms with Crippen LogP contribution in [0, 0.1) is 11.3 Å². The minimum absolute atomic E-state index is 0.0485. The highest BCUT2D eigenvalue weighted by atomic mass is 16.5. The normalized spacial score (nSPS) is 29.4. The summed E-state index contributed by atoms with van der Waals surface area (Å²) in [5.74, 6) is 1.34. The highest BCUT2D eigenvalue weighted by Crippen LogP contribution is 2.60. The van der Waals surface area contributed by atoms with Crippen LogP contribution in [0.1, 0.15) is 44.3 Å². The number of fused-ring (bicyclic) bond motifs is 2. The molecule has 2 amide bonds. The Labute approximate surface area is 148 Å². The molecular weight excluding hydrogens is 320 g/mol. The standard InChI is InChI=1S/C19H28N2O4/c22-18(20-9-4-10-23-13-14-5-3-11-24-14)21-16-15-6-12-25-17(15)19(16)7-1-2-8-19/h3,5,11,15-17H,1-2,4,6-10,12-13H2,(H2,20,21,22)/t15-,16+,17+/m0/s1. The van der Waals surface area contributed by atoms with Crippen LogP contribution in [0.15, 0.2) is 22.8 Å². The summed E-state index contributed by atoms with van der Waals surface area (Å²) in [5, 5.41) is 6.22. The Balaban J connectivity index is 1.15. The smallest absolute Gasteiger partial charge is 0.315 e. The lowest BCUT2D eigenvalue weighted by molar-refractivity contribution is -0.126. The van der Waals surface area contributed by atoms with Gasteiger partial charge in [-0.3, -0.25) is 0 Å². The van der Waals surface area contributed by atoms with Crippen LogP contribution in [0.25, 0.3) is 0 Å². The SMILES string of the molecule is O=C(NCCCOCc1ccco1)N[C@@H]1[C@@H]2CCO[C@H]2C12CCCC2. The van der Waals surface area contributed by atoms with E-state index in [2.05, 4.69) is 10.6 Å². The summed E-state index contributed by atoms with van der Waals surface area (Å²) >= 11 is 0. The molecule has 6 nitrogen and oxygen atoms in total. The number of urea groups is 1. The third-order valence-electron chi connectivity index (χ3n) is 6.15. The molecular formula is C19H28N2O4. The molecule has 1 saturated heterocycles. The van der Waals surface area contributed by atoms with Crippen LogP contribution < -0.4 is 10.6 Å². The Morgan fingerprint density at radius 2 is 2.24 bits per heavy atom. The molecule has 6 heteroatoms. The van der Waals surface area contributed by atoms with Crippen molar-refractivity contribution in [2.45, 2.75) is 57.3 Å². The van der Waals surface area contributed by atoms with Crippen LogP contribution in [-0.4, -0.2) is 37.9 Å². The van der Waals surface area contributed by atoms with Crippen molar-refractivity contribution in [3.63, 3.8) is 0 Å². The molecule has 1 spiro atoms. The Morgan fingerprint density at radius 3 is 3.04 bits per heavy atom. The van der Waals surface area contributed by atoms with E-state index >= 15 is 0 Å². The van der Waals surface area contributed by atoms with Gasteiger partial charge in [-0.15, -0.1) is 0 Å². The van der Waals surface area contributed by atoms with Crippen LogP contribution in [0.5, 0.6) is 0 Å². The summed E-state index contributed by atoms with van der Waals surface area (Å²) < 4.78 is 16.7. The van der Waals surface area contributed by atoms with Gasteiger partial charge in [0.15, 0.2) is 0 Å². The number of nitrogens with one attached hydrogen (secondary N) is 2. The molecule has 0 bridgehead atoms. The predicted molar refractivity (Wildman–Crippen MR) is 92.1 cm³/mol. The number of carbonyl (C=O) groups excluding carboxylic acids is 1. The first-order valence-corrected chi connectivity index (χ1v) is 9.56. The molecule has 0 aromatic carbocycles. The quantitative estimate of drug-likeness (QED) is 0.743. The number of carbonyl (C=O) groups is 1. The lowest BCUT2D eigenvalue weighted by Gasteiger charge is -2.56. The predicted octanol–water partition coefficient (Wildman–Crippen LogP) is 2.83. The first kappa shape index (κ1) is 16.9. The molecule has 1 aromatic rings. The maximum atomic E-state index is 12.3. The molecule has 2 heterocycles. The van der Waals surface area contributed by atoms with E-state index in [1.807, 2.05) is 12.1 Å². The first-order valence-electron chi connectivity index (χ1n) is 9.56. The van der Waals surface area contributed by atoms with Gasteiger partial charge in [-0.25, -0.2) is 4.79 Å². The molecule has 2 saturated carbocycles. The molecule has 138 valence electrons. The molecule has 25 heavy (non-hydrogen) atoms. The Bertz CT molecular complexity index is 568. The summed E-state index contributed by atoms with van der Waals surface area (Å²) in [4.78, 5) is 12.3. The number of amides is 2. The minimum atomic E-state index is -0.0485. The Kier molecular flexibility index (Phi) is 4.99. The topological polar surface area (TPSA) is 72.7 Å². The summed E-state index contributed by atoms with van der Waals surface area (Å²) in [6.07, 6.45) is 8.81. The molecule has 4 rings (SSSR count). The van der Waals surface area contributed by atoms with Gasteiger partial charge in [0.2, 0.25) is 0 Å². The second-order valence-corrected chi connectivity index (χ2v) is 7.55. The Morgan fingerprint density at radius 1 is 1.36 bits per heavy atom. The van der Waals surface area contributed by atoms with Crippen LogP contribution in [0.2, 0.25) is 0 Å². The zero-order chi connectivity index (χ0) is 17.1. The average Bonchev–Trinajstić information content (AvgIpc) is 3.36. The summed E-state index contributed by atoms with van der Waals surface area (Å²) in [6.45, 7) is 2.55. The van der Waals surface area contributed by atoms with Crippen LogP contribution in [0.3, 0.4) is 0 Å². The fourth-order valence-corrected chi connectivity index (χ4v) is 5.04. The molecule has 0 radical (unpaired) electrons. The summed E-state index contributed by atoms with van der Waals surface area (Å²) in [6, 6.07) is 3.98. The minimum Gasteiger partial charge on any atom is -0.467 e. The molecule has 1 aliphatic heterocycles. The zero-order valence-corrected chi connectivity index (χ0v) is 14.7. The van der Waals surface area contributed by atoms with Crippen LogP contribution >= 0.6 is 0 Å².